The van der Waals surface area contributed by atoms with Crippen LogP contribution in [0.4, 0.5) is 0 Å². The second kappa shape index (κ2) is 6.75. The van der Waals surface area contributed by atoms with Crippen molar-refractivity contribution in [2.75, 3.05) is 6.54 Å². The fraction of sp³-hybridized carbons (Fsp3) is 0.500. The first-order chi connectivity index (χ1) is 9.42. The van der Waals surface area contributed by atoms with Crippen LogP contribution in [0.15, 0.2) is 23.1 Å². The van der Waals surface area contributed by atoms with Crippen LogP contribution in [0.3, 0.4) is 0 Å². The first-order valence-corrected chi connectivity index (χ1v) is 8.16. The number of halogens is 1. The number of hydrogen-bond acceptors (Lipinski definition) is 4. The van der Waals surface area contributed by atoms with E-state index < -0.39 is 15.6 Å². The van der Waals surface area contributed by atoms with Crippen LogP contribution in [0.5, 0.6) is 0 Å². The molecule has 1 aromatic carbocycles. The molecule has 0 atom stereocenters. The molecule has 0 bridgehead atoms. The molecular formula is C14H20ClN3O2S. The molecule has 21 heavy (non-hydrogen) atoms. The predicted octanol–water partition coefficient (Wildman–Crippen LogP) is 1.84. The van der Waals surface area contributed by atoms with Gasteiger partial charge >= 0.3 is 0 Å². The molecule has 0 spiro atoms. The summed E-state index contributed by atoms with van der Waals surface area (Å²) in [7, 11) is -3.60. The average Bonchev–Trinajstić information content (AvgIpc) is 2.87. The maximum Gasteiger partial charge on any atom is 0.241 e. The third-order valence-corrected chi connectivity index (χ3v) is 5.51. The topological polar surface area (TPSA) is 96.0 Å². The lowest BCUT2D eigenvalue weighted by Gasteiger charge is -2.28. The summed E-state index contributed by atoms with van der Waals surface area (Å²) in [5, 5.41) is 8.89. The predicted molar refractivity (Wildman–Crippen MR) is 83.7 cm³/mol. The smallest absolute Gasteiger partial charge is 0.241 e. The molecule has 0 amide bonds. The van der Waals surface area contributed by atoms with E-state index in [-0.39, 0.29) is 17.3 Å². The molecule has 0 saturated heterocycles. The van der Waals surface area contributed by atoms with Crippen molar-refractivity contribution in [2.24, 2.45) is 5.73 Å². The Morgan fingerprint density at radius 3 is 2.48 bits per heavy atom. The standard InChI is InChI=1S/C14H19N3O2S.ClH/c1-11-8-13(5-4-12(11)9-15)20(18,19)17-14(10-16)6-2-3-7-14;/h4-5,8,17H,2-3,6-7,10,16H2,1H3;1H. The van der Waals surface area contributed by atoms with E-state index in [0.717, 1.165) is 25.7 Å². The van der Waals surface area contributed by atoms with Crippen molar-refractivity contribution >= 4 is 22.4 Å². The van der Waals surface area contributed by atoms with Crippen molar-refractivity contribution in [1.29, 1.82) is 5.26 Å². The summed E-state index contributed by atoms with van der Waals surface area (Å²) < 4.78 is 27.7. The van der Waals surface area contributed by atoms with Crippen LogP contribution in [0, 0.1) is 18.3 Å². The first kappa shape index (κ1) is 17.9. The molecule has 0 unspecified atom stereocenters. The minimum Gasteiger partial charge on any atom is -0.329 e. The fourth-order valence-electron chi connectivity index (χ4n) is 2.67. The van der Waals surface area contributed by atoms with Gasteiger partial charge in [0, 0.05) is 12.1 Å². The Hall–Kier alpha value is -1.13. The molecule has 7 heteroatoms. The number of rotatable bonds is 4. The van der Waals surface area contributed by atoms with Crippen molar-refractivity contribution < 1.29 is 8.42 Å². The zero-order chi connectivity index (χ0) is 14.8. The van der Waals surface area contributed by atoms with Crippen LogP contribution in [-0.2, 0) is 10.0 Å². The van der Waals surface area contributed by atoms with Crippen LogP contribution in [0.2, 0.25) is 0 Å². The van der Waals surface area contributed by atoms with E-state index in [1.807, 2.05) is 6.07 Å². The number of nitrogens with two attached hydrogens (primary N) is 1. The molecule has 1 aliphatic carbocycles. The normalized spacial score (nSPS) is 17.0. The van der Waals surface area contributed by atoms with Gasteiger partial charge in [0.25, 0.3) is 0 Å². The summed E-state index contributed by atoms with van der Waals surface area (Å²) in [5.41, 5.74) is 6.39. The highest BCUT2D eigenvalue weighted by Gasteiger charge is 2.36. The Bertz CT molecular complexity index is 647. The molecular weight excluding hydrogens is 310 g/mol. The second-order valence-corrected chi connectivity index (χ2v) is 7.07. The van der Waals surface area contributed by atoms with Gasteiger partial charge in [-0.1, -0.05) is 12.8 Å². The number of nitriles is 1. The van der Waals surface area contributed by atoms with Crippen LogP contribution in [0.1, 0.15) is 36.8 Å². The highest BCUT2D eigenvalue weighted by atomic mass is 35.5. The number of sulfonamides is 1. The third kappa shape index (κ3) is 3.74. The zero-order valence-electron chi connectivity index (χ0n) is 11.9. The van der Waals surface area contributed by atoms with Gasteiger partial charge in [0.1, 0.15) is 0 Å². The third-order valence-electron chi connectivity index (χ3n) is 3.93. The molecule has 3 N–H and O–H groups in total. The van der Waals surface area contributed by atoms with E-state index in [4.69, 9.17) is 11.0 Å². The molecule has 1 aliphatic rings. The second-order valence-electron chi connectivity index (χ2n) is 5.39. The Balaban J connectivity index is 0.00000220. The van der Waals surface area contributed by atoms with Crippen LogP contribution < -0.4 is 10.5 Å². The van der Waals surface area contributed by atoms with Gasteiger partial charge in [0.2, 0.25) is 10.0 Å². The molecule has 0 heterocycles. The lowest BCUT2D eigenvalue weighted by Crippen LogP contribution is -2.51. The van der Waals surface area contributed by atoms with Gasteiger partial charge in [-0.25, -0.2) is 13.1 Å². The number of aryl methyl sites for hydroxylation is 1. The van der Waals surface area contributed by atoms with Gasteiger partial charge in [-0.05, 0) is 43.5 Å². The molecule has 116 valence electrons. The first-order valence-electron chi connectivity index (χ1n) is 6.67. The number of benzene rings is 1. The monoisotopic (exact) mass is 329 g/mol. The van der Waals surface area contributed by atoms with Gasteiger partial charge < -0.3 is 5.73 Å². The maximum atomic E-state index is 12.5. The van der Waals surface area contributed by atoms with Gasteiger partial charge in [0.15, 0.2) is 0 Å². The summed E-state index contributed by atoms with van der Waals surface area (Å²) in [4.78, 5) is 0.189. The van der Waals surface area contributed by atoms with Gasteiger partial charge in [-0.15, -0.1) is 12.4 Å². The van der Waals surface area contributed by atoms with Crippen molar-refractivity contribution in [3.8, 4) is 6.07 Å². The van der Waals surface area contributed by atoms with E-state index >= 15 is 0 Å². The van der Waals surface area contributed by atoms with Gasteiger partial charge in [-0.2, -0.15) is 5.26 Å². The number of nitrogens with one attached hydrogen (secondary N) is 1. The molecule has 0 aromatic heterocycles. The quantitative estimate of drug-likeness (QED) is 0.880. The summed E-state index contributed by atoms with van der Waals surface area (Å²) in [6.07, 6.45) is 3.54. The van der Waals surface area contributed by atoms with Crippen LogP contribution >= 0.6 is 12.4 Å². The average molecular weight is 330 g/mol. The lowest BCUT2D eigenvalue weighted by atomic mass is 10.0. The van der Waals surface area contributed by atoms with Crippen LogP contribution in [0.25, 0.3) is 0 Å². The summed E-state index contributed by atoms with van der Waals surface area (Å²) in [6.45, 7) is 2.04. The SMILES string of the molecule is Cc1cc(S(=O)(=O)NC2(CN)CCCC2)ccc1C#N.Cl. The molecule has 1 fully saturated rings. The molecule has 0 aliphatic heterocycles. The van der Waals surface area contributed by atoms with Crippen molar-refractivity contribution in [2.45, 2.75) is 43.0 Å². The highest BCUT2D eigenvalue weighted by Crippen LogP contribution is 2.30. The maximum absolute atomic E-state index is 12.5. The molecule has 2 rings (SSSR count). The highest BCUT2D eigenvalue weighted by molar-refractivity contribution is 7.89. The summed E-state index contributed by atoms with van der Waals surface area (Å²) in [5.74, 6) is 0. The summed E-state index contributed by atoms with van der Waals surface area (Å²) in [6, 6.07) is 6.56. The van der Waals surface area contributed by atoms with Crippen molar-refractivity contribution in [1.82, 2.24) is 4.72 Å². The number of hydrogen-bond donors (Lipinski definition) is 2. The largest absolute Gasteiger partial charge is 0.329 e. The van der Waals surface area contributed by atoms with Gasteiger partial charge in [-0.3, -0.25) is 0 Å². The molecule has 1 aromatic rings. The van der Waals surface area contributed by atoms with E-state index in [2.05, 4.69) is 4.72 Å². The Kier molecular flexibility index (Phi) is 5.76. The van der Waals surface area contributed by atoms with E-state index in [9.17, 15) is 8.42 Å². The summed E-state index contributed by atoms with van der Waals surface area (Å²) >= 11 is 0. The van der Waals surface area contributed by atoms with Crippen LogP contribution in [-0.4, -0.2) is 20.5 Å². The molecule has 0 radical (unpaired) electrons. The van der Waals surface area contributed by atoms with E-state index in [1.165, 1.54) is 18.2 Å². The van der Waals surface area contributed by atoms with Crippen molar-refractivity contribution in [3.05, 3.63) is 29.3 Å². The number of nitrogens with zero attached hydrogens (tertiary/aromatic N) is 1. The Labute approximate surface area is 132 Å². The van der Waals surface area contributed by atoms with E-state index in [0.29, 0.717) is 17.7 Å². The van der Waals surface area contributed by atoms with Crippen molar-refractivity contribution in [3.63, 3.8) is 0 Å². The minimum absolute atomic E-state index is 0. The lowest BCUT2D eigenvalue weighted by molar-refractivity contribution is 0.399. The Morgan fingerprint density at radius 2 is 2.00 bits per heavy atom. The fourth-order valence-corrected chi connectivity index (χ4v) is 4.23. The zero-order valence-corrected chi connectivity index (χ0v) is 13.6. The minimum atomic E-state index is -3.60. The Morgan fingerprint density at radius 1 is 1.38 bits per heavy atom. The molecule has 1 saturated carbocycles. The van der Waals surface area contributed by atoms with Gasteiger partial charge in [0.05, 0.1) is 16.5 Å². The molecule has 5 nitrogen and oxygen atoms in total. The van der Waals surface area contributed by atoms with E-state index in [1.54, 1.807) is 6.92 Å².